The fourth-order valence-electron chi connectivity index (χ4n) is 1.94. The van der Waals surface area contributed by atoms with Gasteiger partial charge in [-0.25, -0.2) is 0 Å². The first-order valence-corrected chi connectivity index (χ1v) is 7.51. The SMILES string of the molecule is COc1cc(CC(C(=O)O)c2cccs2)cc(Br)c1O. The molecule has 0 aliphatic carbocycles. The van der Waals surface area contributed by atoms with Gasteiger partial charge in [0.15, 0.2) is 11.5 Å². The summed E-state index contributed by atoms with van der Waals surface area (Å²) in [6, 6.07) is 7.02. The molecule has 0 amide bonds. The van der Waals surface area contributed by atoms with Crippen LogP contribution >= 0.6 is 27.3 Å². The number of ether oxygens (including phenoxy) is 1. The van der Waals surface area contributed by atoms with Crippen molar-refractivity contribution in [1.82, 2.24) is 0 Å². The summed E-state index contributed by atoms with van der Waals surface area (Å²) < 4.78 is 5.56. The maximum atomic E-state index is 11.4. The summed E-state index contributed by atoms with van der Waals surface area (Å²) in [4.78, 5) is 12.2. The van der Waals surface area contributed by atoms with Crippen LogP contribution in [0.1, 0.15) is 16.4 Å². The predicted molar refractivity (Wildman–Crippen MR) is 80.8 cm³/mol. The molecule has 2 rings (SSSR count). The second-order valence-corrected chi connectivity index (χ2v) is 6.07. The monoisotopic (exact) mass is 356 g/mol. The first-order valence-electron chi connectivity index (χ1n) is 5.84. The Balaban J connectivity index is 2.32. The normalized spacial score (nSPS) is 12.1. The molecular formula is C14H13BrO4S. The number of phenols is 1. The highest BCUT2D eigenvalue weighted by Gasteiger charge is 2.22. The number of aromatic hydroxyl groups is 1. The molecular weight excluding hydrogens is 344 g/mol. The zero-order valence-corrected chi connectivity index (χ0v) is 13.1. The van der Waals surface area contributed by atoms with Crippen molar-refractivity contribution < 1.29 is 19.7 Å². The highest BCUT2D eigenvalue weighted by atomic mass is 79.9. The van der Waals surface area contributed by atoms with Crippen LogP contribution < -0.4 is 4.74 Å². The van der Waals surface area contributed by atoms with E-state index in [0.29, 0.717) is 16.6 Å². The number of carboxylic acids is 1. The molecule has 20 heavy (non-hydrogen) atoms. The zero-order valence-electron chi connectivity index (χ0n) is 10.7. The van der Waals surface area contributed by atoms with Crippen molar-refractivity contribution in [2.24, 2.45) is 0 Å². The van der Waals surface area contributed by atoms with Gasteiger partial charge in [0.25, 0.3) is 0 Å². The van der Waals surface area contributed by atoms with Gasteiger partial charge in [-0.3, -0.25) is 4.79 Å². The molecule has 0 spiro atoms. The highest BCUT2D eigenvalue weighted by Crippen LogP contribution is 2.37. The molecule has 0 bridgehead atoms. The predicted octanol–water partition coefficient (Wildman–Crippen LogP) is 3.64. The molecule has 2 N–H and O–H groups in total. The van der Waals surface area contributed by atoms with Crippen molar-refractivity contribution >= 4 is 33.2 Å². The number of carbonyl (C=O) groups is 1. The Kier molecular flexibility index (Phi) is 4.67. The van der Waals surface area contributed by atoms with Gasteiger partial charge < -0.3 is 14.9 Å². The van der Waals surface area contributed by atoms with Gasteiger partial charge in [0.1, 0.15) is 0 Å². The summed E-state index contributed by atoms with van der Waals surface area (Å²) in [6.07, 6.45) is 0.338. The number of halogens is 1. The van der Waals surface area contributed by atoms with Crippen LogP contribution in [-0.2, 0) is 11.2 Å². The van der Waals surface area contributed by atoms with E-state index in [4.69, 9.17) is 4.74 Å². The summed E-state index contributed by atoms with van der Waals surface area (Å²) in [5.41, 5.74) is 0.785. The fourth-order valence-corrected chi connectivity index (χ4v) is 3.24. The van der Waals surface area contributed by atoms with Crippen molar-refractivity contribution in [3.05, 3.63) is 44.6 Å². The molecule has 1 heterocycles. The Morgan fingerprint density at radius 2 is 2.25 bits per heavy atom. The zero-order chi connectivity index (χ0) is 14.7. The van der Waals surface area contributed by atoms with Gasteiger partial charge in [0.2, 0.25) is 0 Å². The Labute approximate surface area is 128 Å². The van der Waals surface area contributed by atoms with E-state index in [1.54, 1.807) is 12.1 Å². The first-order chi connectivity index (χ1) is 9.52. The molecule has 0 aliphatic heterocycles. The number of methoxy groups -OCH3 is 1. The van der Waals surface area contributed by atoms with Crippen LogP contribution in [0.15, 0.2) is 34.1 Å². The summed E-state index contributed by atoms with van der Waals surface area (Å²) in [7, 11) is 1.46. The second kappa shape index (κ2) is 6.28. The van der Waals surface area contributed by atoms with Crippen LogP contribution in [0.4, 0.5) is 0 Å². The minimum absolute atomic E-state index is 0.0132. The topological polar surface area (TPSA) is 66.8 Å². The van der Waals surface area contributed by atoms with Crippen molar-refractivity contribution in [3.8, 4) is 11.5 Å². The van der Waals surface area contributed by atoms with Gasteiger partial charge in [0, 0.05) is 4.88 Å². The number of rotatable bonds is 5. The van der Waals surface area contributed by atoms with Crippen LogP contribution in [-0.4, -0.2) is 23.3 Å². The molecule has 1 aromatic heterocycles. The molecule has 1 unspecified atom stereocenters. The Hall–Kier alpha value is -1.53. The van der Waals surface area contributed by atoms with Crippen LogP contribution in [0.3, 0.4) is 0 Å². The highest BCUT2D eigenvalue weighted by molar-refractivity contribution is 9.10. The van der Waals surface area contributed by atoms with Crippen LogP contribution in [0.2, 0.25) is 0 Å². The van der Waals surface area contributed by atoms with Gasteiger partial charge in [-0.15, -0.1) is 11.3 Å². The Bertz CT molecular complexity index is 610. The van der Waals surface area contributed by atoms with Crippen LogP contribution in [0.5, 0.6) is 11.5 Å². The number of benzene rings is 1. The van der Waals surface area contributed by atoms with Crippen LogP contribution in [0.25, 0.3) is 0 Å². The van der Waals surface area contributed by atoms with E-state index in [2.05, 4.69) is 15.9 Å². The Morgan fingerprint density at radius 1 is 1.50 bits per heavy atom. The largest absolute Gasteiger partial charge is 0.503 e. The van der Waals surface area contributed by atoms with E-state index in [1.807, 2.05) is 17.5 Å². The Morgan fingerprint density at radius 3 is 2.80 bits per heavy atom. The van der Waals surface area contributed by atoms with Gasteiger partial charge >= 0.3 is 5.97 Å². The molecule has 4 nitrogen and oxygen atoms in total. The summed E-state index contributed by atoms with van der Waals surface area (Å²) in [5, 5.41) is 21.0. The van der Waals surface area contributed by atoms with Gasteiger partial charge in [-0.1, -0.05) is 6.07 Å². The number of thiophene rings is 1. The van der Waals surface area contributed by atoms with E-state index in [9.17, 15) is 15.0 Å². The van der Waals surface area contributed by atoms with Gasteiger partial charge in [0.05, 0.1) is 17.5 Å². The van der Waals surface area contributed by atoms with Crippen molar-refractivity contribution in [2.75, 3.05) is 7.11 Å². The van der Waals surface area contributed by atoms with E-state index in [0.717, 1.165) is 10.4 Å². The molecule has 0 aliphatic rings. The molecule has 106 valence electrons. The van der Waals surface area contributed by atoms with E-state index in [1.165, 1.54) is 18.4 Å². The second-order valence-electron chi connectivity index (χ2n) is 4.24. The fraction of sp³-hybridized carbons (Fsp3) is 0.214. The lowest BCUT2D eigenvalue weighted by molar-refractivity contribution is -0.138. The minimum atomic E-state index is -0.865. The first kappa shape index (κ1) is 14.9. The molecule has 2 aromatic rings. The average Bonchev–Trinajstić information content (AvgIpc) is 2.93. The summed E-state index contributed by atoms with van der Waals surface area (Å²) in [5.74, 6) is -1.13. The number of phenolic OH excluding ortho intramolecular Hbond substituents is 1. The maximum absolute atomic E-state index is 11.4. The van der Waals surface area contributed by atoms with Crippen LogP contribution in [0, 0.1) is 0 Å². The lowest BCUT2D eigenvalue weighted by Crippen LogP contribution is -2.13. The van der Waals surface area contributed by atoms with E-state index < -0.39 is 11.9 Å². The maximum Gasteiger partial charge on any atom is 0.312 e. The third kappa shape index (κ3) is 3.13. The van der Waals surface area contributed by atoms with Crippen molar-refractivity contribution in [2.45, 2.75) is 12.3 Å². The lowest BCUT2D eigenvalue weighted by atomic mass is 9.97. The number of carboxylic acid groups (broad SMARTS) is 1. The number of aliphatic carboxylic acids is 1. The molecule has 1 aromatic carbocycles. The summed E-state index contributed by atoms with van der Waals surface area (Å²) in [6.45, 7) is 0. The lowest BCUT2D eigenvalue weighted by Gasteiger charge is -2.13. The molecule has 6 heteroatoms. The molecule has 0 saturated heterocycles. The smallest absolute Gasteiger partial charge is 0.312 e. The molecule has 0 fully saturated rings. The third-order valence-corrected chi connectivity index (χ3v) is 4.52. The van der Waals surface area contributed by atoms with Gasteiger partial charge in [-0.2, -0.15) is 0 Å². The summed E-state index contributed by atoms with van der Waals surface area (Å²) >= 11 is 4.66. The average molecular weight is 357 g/mol. The van der Waals surface area contributed by atoms with Gasteiger partial charge in [-0.05, 0) is 51.5 Å². The van der Waals surface area contributed by atoms with Crippen molar-refractivity contribution in [1.29, 1.82) is 0 Å². The standard InChI is InChI=1S/C14H13BrO4S/c1-19-11-7-8(6-10(15)13(11)16)5-9(14(17)18)12-3-2-4-20-12/h2-4,6-7,9,16H,5H2,1H3,(H,17,18). The quantitative estimate of drug-likeness (QED) is 0.858. The van der Waals surface area contributed by atoms with E-state index >= 15 is 0 Å². The third-order valence-electron chi connectivity index (χ3n) is 2.93. The minimum Gasteiger partial charge on any atom is -0.503 e. The molecule has 0 saturated carbocycles. The van der Waals surface area contributed by atoms with E-state index in [-0.39, 0.29) is 5.75 Å². The number of hydrogen-bond donors (Lipinski definition) is 2. The number of hydrogen-bond acceptors (Lipinski definition) is 4. The molecule has 0 radical (unpaired) electrons. The van der Waals surface area contributed by atoms with Crippen molar-refractivity contribution in [3.63, 3.8) is 0 Å². The molecule has 1 atom stereocenters.